The molecule has 21 heavy (non-hydrogen) atoms. The Balaban J connectivity index is 1.74. The highest BCUT2D eigenvalue weighted by Crippen LogP contribution is 2.19. The van der Waals surface area contributed by atoms with Crippen LogP contribution in [-0.4, -0.2) is 17.8 Å². The fraction of sp³-hybridized carbons (Fsp3) is 0.368. The second-order valence-electron chi connectivity index (χ2n) is 5.52. The average molecular weight is 284 g/mol. The Morgan fingerprint density at radius 1 is 1.00 bits per heavy atom. The van der Waals surface area contributed by atoms with Crippen LogP contribution in [0.5, 0.6) is 0 Å². The molecule has 2 aromatic rings. The summed E-state index contributed by atoms with van der Waals surface area (Å²) in [6.45, 7) is 4.63. The van der Waals surface area contributed by atoms with Crippen molar-refractivity contribution in [1.82, 2.24) is 0 Å². The van der Waals surface area contributed by atoms with Crippen LogP contribution in [0.25, 0.3) is 0 Å². The van der Waals surface area contributed by atoms with Crippen LogP contribution in [0, 0.1) is 6.92 Å². The highest BCUT2D eigenvalue weighted by atomic mass is 16.5. The largest absolute Gasteiger partial charge is 0.386 e. The van der Waals surface area contributed by atoms with Gasteiger partial charge in [0.05, 0.1) is 6.10 Å². The number of aliphatic hydroxyl groups is 1. The van der Waals surface area contributed by atoms with Crippen LogP contribution >= 0.6 is 0 Å². The van der Waals surface area contributed by atoms with E-state index in [1.807, 2.05) is 44.2 Å². The molecule has 0 saturated heterocycles. The predicted octanol–water partition coefficient (Wildman–Crippen LogP) is 4.07. The molecule has 2 unspecified atom stereocenters. The number of rotatable bonds is 7. The second-order valence-corrected chi connectivity index (χ2v) is 5.52. The van der Waals surface area contributed by atoms with Crippen molar-refractivity contribution in [2.24, 2.45) is 0 Å². The van der Waals surface area contributed by atoms with Crippen molar-refractivity contribution in [3.05, 3.63) is 71.3 Å². The molecule has 2 aromatic carbocycles. The SMILES string of the molecule is Cc1ccc(C(O)C(C)OCCCc2ccccc2)cc1. The highest BCUT2D eigenvalue weighted by Gasteiger charge is 2.16. The minimum Gasteiger partial charge on any atom is -0.386 e. The van der Waals surface area contributed by atoms with E-state index >= 15 is 0 Å². The lowest BCUT2D eigenvalue weighted by atomic mass is 10.0. The number of benzene rings is 2. The Hall–Kier alpha value is -1.64. The van der Waals surface area contributed by atoms with E-state index in [1.54, 1.807) is 0 Å². The third-order valence-electron chi connectivity index (χ3n) is 3.70. The van der Waals surface area contributed by atoms with Gasteiger partial charge >= 0.3 is 0 Å². The quantitative estimate of drug-likeness (QED) is 0.777. The first-order valence-corrected chi connectivity index (χ1v) is 7.57. The zero-order valence-corrected chi connectivity index (χ0v) is 12.8. The molecule has 0 bridgehead atoms. The van der Waals surface area contributed by atoms with Crippen molar-refractivity contribution >= 4 is 0 Å². The highest BCUT2D eigenvalue weighted by molar-refractivity contribution is 5.23. The molecule has 0 radical (unpaired) electrons. The van der Waals surface area contributed by atoms with Gasteiger partial charge in [-0.1, -0.05) is 60.2 Å². The molecule has 0 aliphatic heterocycles. The van der Waals surface area contributed by atoms with Crippen molar-refractivity contribution in [3.8, 4) is 0 Å². The van der Waals surface area contributed by atoms with Crippen LogP contribution in [0.3, 0.4) is 0 Å². The van der Waals surface area contributed by atoms with Gasteiger partial charge in [0.15, 0.2) is 0 Å². The van der Waals surface area contributed by atoms with Crippen LogP contribution < -0.4 is 0 Å². The molecule has 0 heterocycles. The molecule has 2 heteroatoms. The molecule has 1 N–H and O–H groups in total. The summed E-state index contributed by atoms with van der Waals surface area (Å²) in [5, 5.41) is 10.3. The lowest BCUT2D eigenvalue weighted by Gasteiger charge is -2.20. The third-order valence-corrected chi connectivity index (χ3v) is 3.70. The molecule has 0 amide bonds. The zero-order valence-electron chi connectivity index (χ0n) is 12.8. The summed E-state index contributed by atoms with van der Waals surface area (Å²) in [5.41, 5.74) is 3.44. The minimum absolute atomic E-state index is 0.191. The molecular weight excluding hydrogens is 260 g/mol. The molecule has 0 aliphatic carbocycles. The van der Waals surface area contributed by atoms with E-state index in [4.69, 9.17) is 4.74 Å². The van der Waals surface area contributed by atoms with Crippen LogP contribution in [0.1, 0.15) is 36.1 Å². The molecule has 112 valence electrons. The summed E-state index contributed by atoms with van der Waals surface area (Å²) in [7, 11) is 0. The zero-order chi connectivity index (χ0) is 15.1. The maximum Gasteiger partial charge on any atom is 0.105 e. The number of ether oxygens (including phenoxy) is 1. The number of aryl methyl sites for hydroxylation is 2. The first-order valence-electron chi connectivity index (χ1n) is 7.57. The number of hydrogen-bond acceptors (Lipinski definition) is 2. The van der Waals surface area contributed by atoms with Crippen LogP contribution in [0.15, 0.2) is 54.6 Å². The normalized spacial score (nSPS) is 13.9. The Morgan fingerprint density at radius 2 is 1.67 bits per heavy atom. The van der Waals surface area contributed by atoms with Crippen molar-refractivity contribution in [2.75, 3.05) is 6.61 Å². The smallest absolute Gasteiger partial charge is 0.105 e. The number of aliphatic hydroxyl groups excluding tert-OH is 1. The second kappa shape index (κ2) is 7.96. The molecule has 2 rings (SSSR count). The lowest BCUT2D eigenvalue weighted by molar-refractivity contribution is -0.0286. The summed E-state index contributed by atoms with van der Waals surface area (Å²) in [6, 6.07) is 18.4. The molecular formula is C19H24O2. The van der Waals surface area contributed by atoms with Gasteiger partial charge in [-0.15, -0.1) is 0 Å². The summed E-state index contributed by atoms with van der Waals surface area (Å²) < 4.78 is 5.76. The maximum absolute atomic E-state index is 10.3. The molecule has 2 nitrogen and oxygen atoms in total. The van der Waals surface area contributed by atoms with Gasteiger partial charge in [0, 0.05) is 6.61 Å². The molecule has 0 fully saturated rings. The Labute approximate surface area is 127 Å². The van der Waals surface area contributed by atoms with Crippen LogP contribution in [-0.2, 0) is 11.2 Å². The van der Waals surface area contributed by atoms with E-state index in [-0.39, 0.29) is 6.10 Å². The van der Waals surface area contributed by atoms with Crippen molar-refractivity contribution in [2.45, 2.75) is 38.9 Å². The summed E-state index contributed by atoms with van der Waals surface area (Å²) >= 11 is 0. The van der Waals surface area contributed by atoms with Gasteiger partial charge < -0.3 is 9.84 Å². The third kappa shape index (κ3) is 5.00. The summed E-state index contributed by atoms with van der Waals surface area (Å²) in [5.74, 6) is 0. The summed E-state index contributed by atoms with van der Waals surface area (Å²) in [6.07, 6.45) is 1.22. The first kappa shape index (κ1) is 15.7. The Kier molecular flexibility index (Phi) is 5.97. The van der Waals surface area contributed by atoms with Gasteiger partial charge in [-0.2, -0.15) is 0 Å². The van der Waals surface area contributed by atoms with Crippen molar-refractivity contribution < 1.29 is 9.84 Å². The van der Waals surface area contributed by atoms with Crippen molar-refractivity contribution in [3.63, 3.8) is 0 Å². The van der Waals surface area contributed by atoms with Gasteiger partial charge in [0.25, 0.3) is 0 Å². The standard InChI is InChI=1S/C19H24O2/c1-15-10-12-18(13-11-15)19(20)16(2)21-14-6-9-17-7-4-3-5-8-17/h3-5,7-8,10-13,16,19-20H,6,9,14H2,1-2H3. The Morgan fingerprint density at radius 3 is 2.33 bits per heavy atom. The monoisotopic (exact) mass is 284 g/mol. The van der Waals surface area contributed by atoms with E-state index in [9.17, 15) is 5.11 Å². The molecule has 0 saturated carbocycles. The molecule has 0 aromatic heterocycles. The Bertz CT molecular complexity index is 519. The van der Waals surface area contributed by atoms with E-state index in [0.29, 0.717) is 6.61 Å². The van der Waals surface area contributed by atoms with Gasteiger partial charge in [-0.3, -0.25) is 0 Å². The van der Waals surface area contributed by atoms with Gasteiger partial charge in [-0.25, -0.2) is 0 Å². The van der Waals surface area contributed by atoms with E-state index in [0.717, 1.165) is 18.4 Å². The van der Waals surface area contributed by atoms with Crippen LogP contribution in [0.2, 0.25) is 0 Å². The van der Waals surface area contributed by atoms with Gasteiger partial charge in [0.1, 0.15) is 6.10 Å². The topological polar surface area (TPSA) is 29.5 Å². The molecule has 0 aliphatic rings. The van der Waals surface area contributed by atoms with Crippen LogP contribution in [0.4, 0.5) is 0 Å². The predicted molar refractivity (Wildman–Crippen MR) is 86.3 cm³/mol. The lowest BCUT2D eigenvalue weighted by Crippen LogP contribution is -2.19. The molecule has 2 atom stereocenters. The number of hydrogen-bond donors (Lipinski definition) is 1. The summed E-state index contributed by atoms with van der Waals surface area (Å²) in [4.78, 5) is 0. The fourth-order valence-corrected chi connectivity index (χ4v) is 2.32. The first-order chi connectivity index (χ1) is 10.2. The van der Waals surface area contributed by atoms with E-state index in [2.05, 4.69) is 24.3 Å². The fourth-order valence-electron chi connectivity index (χ4n) is 2.32. The van der Waals surface area contributed by atoms with E-state index < -0.39 is 6.10 Å². The average Bonchev–Trinajstić information content (AvgIpc) is 2.52. The van der Waals surface area contributed by atoms with Crippen molar-refractivity contribution in [1.29, 1.82) is 0 Å². The van der Waals surface area contributed by atoms with Gasteiger partial charge in [0.2, 0.25) is 0 Å². The molecule has 0 spiro atoms. The van der Waals surface area contributed by atoms with E-state index in [1.165, 1.54) is 11.1 Å². The minimum atomic E-state index is -0.567. The maximum atomic E-state index is 10.3. The van der Waals surface area contributed by atoms with Gasteiger partial charge in [-0.05, 0) is 37.8 Å².